The number of nitrogens with zero attached hydrogens (tertiary/aromatic N) is 1. The Morgan fingerprint density at radius 2 is 1.91 bits per heavy atom. The summed E-state index contributed by atoms with van der Waals surface area (Å²) in [5.41, 5.74) is 0. The molecule has 2 N–H and O–H groups in total. The standard InChI is InChI=1S/C16H23N3O3/c1-2-17-16(19-12-14-6-3-10-21-14)18-8-5-9-20-13-15-7-4-11-22-15/h3-4,6-7,10-11H,2,5,8-9,12-13H2,1H3,(H2,17,18,19). The van der Waals surface area contributed by atoms with Crippen molar-refractivity contribution in [3.05, 3.63) is 48.3 Å². The Morgan fingerprint density at radius 1 is 1.14 bits per heavy atom. The van der Waals surface area contributed by atoms with Crippen molar-refractivity contribution in [3.63, 3.8) is 0 Å². The van der Waals surface area contributed by atoms with Crippen molar-refractivity contribution in [1.82, 2.24) is 10.6 Å². The summed E-state index contributed by atoms with van der Waals surface area (Å²) < 4.78 is 16.0. The Balaban J connectivity index is 1.60. The van der Waals surface area contributed by atoms with E-state index in [1.165, 1.54) is 0 Å². The molecule has 2 rings (SSSR count). The third kappa shape index (κ3) is 6.05. The van der Waals surface area contributed by atoms with Gasteiger partial charge in [-0.3, -0.25) is 0 Å². The van der Waals surface area contributed by atoms with Gasteiger partial charge in [0.2, 0.25) is 0 Å². The van der Waals surface area contributed by atoms with Gasteiger partial charge in [-0.2, -0.15) is 0 Å². The van der Waals surface area contributed by atoms with E-state index < -0.39 is 0 Å². The van der Waals surface area contributed by atoms with Gasteiger partial charge in [0, 0.05) is 19.7 Å². The fourth-order valence-electron chi connectivity index (χ4n) is 1.85. The first-order chi connectivity index (χ1) is 10.9. The molecule has 0 aliphatic heterocycles. The summed E-state index contributed by atoms with van der Waals surface area (Å²) in [6.45, 7) is 5.36. The van der Waals surface area contributed by atoms with E-state index in [0.717, 1.165) is 37.0 Å². The van der Waals surface area contributed by atoms with Gasteiger partial charge >= 0.3 is 0 Å². The summed E-state index contributed by atoms with van der Waals surface area (Å²) in [5.74, 6) is 2.48. The van der Waals surface area contributed by atoms with Crippen LogP contribution in [-0.4, -0.2) is 25.7 Å². The maximum Gasteiger partial charge on any atom is 0.191 e. The minimum Gasteiger partial charge on any atom is -0.467 e. The van der Waals surface area contributed by atoms with Gasteiger partial charge in [-0.15, -0.1) is 0 Å². The van der Waals surface area contributed by atoms with Crippen LogP contribution in [0.4, 0.5) is 0 Å². The Bertz CT molecular complexity index is 521. The van der Waals surface area contributed by atoms with Gasteiger partial charge in [0.1, 0.15) is 24.7 Å². The van der Waals surface area contributed by atoms with Gasteiger partial charge in [-0.1, -0.05) is 0 Å². The second-order valence-electron chi connectivity index (χ2n) is 4.69. The SMILES string of the molecule is CCNC(=NCc1ccco1)NCCCOCc1ccco1. The number of ether oxygens (including phenoxy) is 1. The molecule has 0 unspecified atom stereocenters. The lowest BCUT2D eigenvalue weighted by Crippen LogP contribution is -2.38. The van der Waals surface area contributed by atoms with Crippen LogP contribution in [0, 0.1) is 0 Å². The van der Waals surface area contributed by atoms with Crippen molar-refractivity contribution < 1.29 is 13.6 Å². The monoisotopic (exact) mass is 305 g/mol. The molecule has 0 bridgehead atoms. The number of nitrogens with one attached hydrogen (secondary N) is 2. The van der Waals surface area contributed by atoms with E-state index in [-0.39, 0.29) is 0 Å². The van der Waals surface area contributed by atoms with E-state index in [0.29, 0.717) is 19.8 Å². The number of aliphatic imine (C=N–C) groups is 1. The second-order valence-corrected chi connectivity index (χ2v) is 4.69. The molecule has 120 valence electrons. The summed E-state index contributed by atoms with van der Waals surface area (Å²) in [6, 6.07) is 7.54. The van der Waals surface area contributed by atoms with E-state index in [4.69, 9.17) is 13.6 Å². The first-order valence-electron chi connectivity index (χ1n) is 7.53. The van der Waals surface area contributed by atoms with Crippen LogP contribution in [0.1, 0.15) is 24.9 Å². The normalized spacial score (nSPS) is 11.6. The van der Waals surface area contributed by atoms with Crippen molar-refractivity contribution in [2.75, 3.05) is 19.7 Å². The highest BCUT2D eigenvalue weighted by Crippen LogP contribution is 2.02. The van der Waals surface area contributed by atoms with Crippen molar-refractivity contribution in [2.45, 2.75) is 26.5 Å². The molecule has 6 heteroatoms. The fourth-order valence-corrected chi connectivity index (χ4v) is 1.85. The molecule has 2 heterocycles. The molecule has 2 aromatic rings. The highest BCUT2D eigenvalue weighted by molar-refractivity contribution is 5.79. The van der Waals surface area contributed by atoms with E-state index in [2.05, 4.69) is 15.6 Å². The minimum atomic E-state index is 0.514. The highest BCUT2D eigenvalue weighted by Gasteiger charge is 1.99. The van der Waals surface area contributed by atoms with Crippen molar-refractivity contribution in [1.29, 1.82) is 0 Å². The van der Waals surface area contributed by atoms with Gasteiger partial charge in [0.05, 0.1) is 12.5 Å². The molecule has 0 amide bonds. The fraction of sp³-hybridized carbons (Fsp3) is 0.438. The average Bonchev–Trinajstić information content (AvgIpc) is 3.21. The lowest BCUT2D eigenvalue weighted by molar-refractivity contribution is 0.105. The average molecular weight is 305 g/mol. The maximum absolute atomic E-state index is 5.53. The smallest absolute Gasteiger partial charge is 0.191 e. The van der Waals surface area contributed by atoms with E-state index in [1.54, 1.807) is 12.5 Å². The number of hydrogen-bond acceptors (Lipinski definition) is 4. The summed E-state index contributed by atoms with van der Waals surface area (Å²) in [6.07, 6.45) is 4.20. The zero-order valence-electron chi connectivity index (χ0n) is 12.9. The van der Waals surface area contributed by atoms with Gasteiger partial charge in [0.15, 0.2) is 5.96 Å². The lowest BCUT2D eigenvalue weighted by Gasteiger charge is -2.10. The molecule has 0 aromatic carbocycles. The van der Waals surface area contributed by atoms with E-state index in [1.807, 2.05) is 31.2 Å². The molecular formula is C16H23N3O3. The Hall–Kier alpha value is -2.21. The molecule has 0 fully saturated rings. The Morgan fingerprint density at radius 3 is 2.59 bits per heavy atom. The van der Waals surface area contributed by atoms with Gasteiger partial charge in [-0.25, -0.2) is 4.99 Å². The summed E-state index contributed by atoms with van der Waals surface area (Å²) in [7, 11) is 0. The van der Waals surface area contributed by atoms with Crippen LogP contribution in [0.3, 0.4) is 0 Å². The molecule has 0 atom stereocenters. The minimum absolute atomic E-state index is 0.514. The van der Waals surface area contributed by atoms with Crippen molar-refractivity contribution in [3.8, 4) is 0 Å². The zero-order valence-corrected chi connectivity index (χ0v) is 12.9. The molecule has 0 saturated carbocycles. The molecule has 2 aromatic heterocycles. The summed E-state index contributed by atoms with van der Waals surface area (Å²) in [5, 5.41) is 6.47. The number of guanidine groups is 1. The van der Waals surface area contributed by atoms with Gasteiger partial charge < -0.3 is 24.2 Å². The number of rotatable bonds is 9. The summed E-state index contributed by atoms with van der Waals surface area (Å²) in [4.78, 5) is 4.46. The van der Waals surface area contributed by atoms with Gasteiger partial charge in [0.25, 0.3) is 0 Å². The van der Waals surface area contributed by atoms with Crippen LogP contribution in [0.2, 0.25) is 0 Å². The van der Waals surface area contributed by atoms with Crippen LogP contribution in [0.5, 0.6) is 0 Å². The molecule has 0 aliphatic carbocycles. The topological polar surface area (TPSA) is 71.9 Å². The summed E-state index contributed by atoms with van der Waals surface area (Å²) >= 11 is 0. The predicted molar refractivity (Wildman–Crippen MR) is 84.5 cm³/mol. The molecule has 0 saturated heterocycles. The number of hydrogen-bond donors (Lipinski definition) is 2. The second kappa shape index (κ2) is 9.68. The van der Waals surface area contributed by atoms with E-state index >= 15 is 0 Å². The third-order valence-corrected chi connectivity index (χ3v) is 2.90. The lowest BCUT2D eigenvalue weighted by atomic mass is 10.4. The van der Waals surface area contributed by atoms with Crippen LogP contribution in [0.25, 0.3) is 0 Å². The van der Waals surface area contributed by atoms with Gasteiger partial charge in [-0.05, 0) is 37.6 Å². The Labute approximate surface area is 130 Å². The molecule has 0 radical (unpaired) electrons. The van der Waals surface area contributed by atoms with E-state index in [9.17, 15) is 0 Å². The quantitative estimate of drug-likeness (QED) is 0.423. The largest absolute Gasteiger partial charge is 0.467 e. The van der Waals surface area contributed by atoms with Crippen LogP contribution < -0.4 is 10.6 Å². The first kappa shape index (κ1) is 16.2. The molecule has 0 aliphatic rings. The molecule has 0 spiro atoms. The zero-order chi connectivity index (χ0) is 15.5. The molecule has 6 nitrogen and oxygen atoms in total. The predicted octanol–water partition coefficient (Wildman–Crippen LogP) is 2.53. The van der Waals surface area contributed by atoms with Crippen LogP contribution in [-0.2, 0) is 17.9 Å². The molecular weight excluding hydrogens is 282 g/mol. The maximum atomic E-state index is 5.53. The van der Waals surface area contributed by atoms with Crippen molar-refractivity contribution >= 4 is 5.96 Å². The van der Waals surface area contributed by atoms with Crippen LogP contribution >= 0.6 is 0 Å². The molecule has 22 heavy (non-hydrogen) atoms. The van der Waals surface area contributed by atoms with Crippen LogP contribution in [0.15, 0.2) is 50.6 Å². The third-order valence-electron chi connectivity index (χ3n) is 2.90. The Kier molecular flexibility index (Phi) is 7.11. The highest BCUT2D eigenvalue weighted by atomic mass is 16.5. The number of furan rings is 2. The van der Waals surface area contributed by atoms with Crippen molar-refractivity contribution in [2.24, 2.45) is 4.99 Å². The first-order valence-corrected chi connectivity index (χ1v) is 7.53.